The molecule has 4 heteroatoms. The third-order valence-electron chi connectivity index (χ3n) is 4.80. The van der Waals surface area contributed by atoms with Gasteiger partial charge in [-0.3, -0.25) is 9.69 Å². The van der Waals surface area contributed by atoms with E-state index in [1.807, 2.05) is 37.3 Å². The Morgan fingerprint density at radius 2 is 1.71 bits per heavy atom. The Balaban J connectivity index is 2.23. The van der Waals surface area contributed by atoms with E-state index in [1.165, 1.54) is 12.8 Å². The van der Waals surface area contributed by atoms with Crippen molar-refractivity contribution in [3.8, 4) is 0 Å². The molecule has 1 aromatic rings. The van der Waals surface area contributed by atoms with Crippen molar-refractivity contribution in [2.75, 3.05) is 14.2 Å². The first-order valence-electron chi connectivity index (χ1n) is 8.77. The fourth-order valence-corrected chi connectivity index (χ4v) is 3.42. The molecular formula is C20H29NO3. The minimum absolute atomic E-state index is 0.0246. The highest BCUT2D eigenvalue weighted by molar-refractivity contribution is 5.97. The standard InChI is InChI=1S/C20H29NO3/c1-5-6-7-11-14-18-16(2)20(23-3,24-4)21(19(18)22)15-17-12-9-8-10-13-17/h8-10,12-13H,5-7,11,14-15H2,1-4H3. The van der Waals surface area contributed by atoms with Crippen molar-refractivity contribution < 1.29 is 14.3 Å². The highest BCUT2D eigenvalue weighted by Gasteiger charge is 2.50. The Labute approximate surface area is 145 Å². The Bertz CT molecular complexity index is 576. The molecule has 0 atom stereocenters. The maximum absolute atomic E-state index is 13.0. The predicted molar refractivity (Wildman–Crippen MR) is 95.2 cm³/mol. The van der Waals surface area contributed by atoms with Gasteiger partial charge in [-0.2, -0.15) is 0 Å². The normalized spacial score (nSPS) is 17.0. The Morgan fingerprint density at radius 1 is 1.04 bits per heavy atom. The number of hydrogen-bond donors (Lipinski definition) is 0. The minimum Gasteiger partial charge on any atom is -0.332 e. The van der Waals surface area contributed by atoms with Crippen LogP contribution in [-0.4, -0.2) is 30.9 Å². The first kappa shape index (κ1) is 18.7. The number of carbonyl (C=O) groups excluding carboxylic acids is 1. The van der Waals surface area contributed by atoms with Crippen LogP contribution in [0.3, 0.4) is 0 Å². The van der Waals surface area contributed by atoms with Gasteiger partial charge in [-0.05, 0) is 25.3 Å². The maximum Gasteiger partial charge on any atom is 0.278 e. The van der Waals surface area contributed by atoms with Gasteiger partial charge >= 0.3 is 0 Å². The van der Waals surface area contributed by atoms with Gasteiger partial charge in [0.15, 0.2) is 0 Å². The van der Waals surface area contributed by atoms with E-state index >= 15 is 0 Å². The van der Waals surface area contributed by atoms with E-state index in [1.54, 1.807) is 19.1 Å². The van der Waals surface area contributed by atoms with Crippen molar-refractivity contribution in [3.05, 3.63) is 47.0 Å². The SMILES string of the molecule is CCCCCCC1=C(C)C(OC)(OC)N(Cc2ccccc2)C1=O. The Kier molecular flexibility index (Phi) is 6.58. The summed E-state index contributed by atoms with van der Waals surface area (Å²) in [7, 11) is 3.19. The second-order valence-corrected chi connectivity index (χ2v) is 6.28. The molecule has 0 N–H and O–H groups in total. The molecule has 0 unspecified atom stereocenters. The van der Waals surface area contributed by atoms with E-state index in [2.05, 4.69) is 6.92 Å². The molecule has 0 aliphatic carbocycles. The Morgan fingerprint density at radius 3 is 2.29 bits per heavy atom. The lowest BCUT2D eigenvalue weighted by atomic mass is 10.0. The molecule has 0 saturated heterocycles. The zero-order valence-corrected chi connectivity index (χ0v) is 15.3. The molecule has 0 radical (unpaired) electrons. The van der Waals surface area contributed by atoms with Gasteiger partial charge < -0.3 is 9.47 Å². The predicted octanol–water partition coefficient (Wildman–Crippen LogP) is 4.26. The third-order valence-corrected chi connectivity index (χ3v) is 4.80. The van der Waals surface area contributed by atoms with E-state index in [9.17, 15) is 4.79 Å². The molecule has 0 saturated carbocycles. The molecule has 2 rings (SSSR count). The smallest absolute Gasteiger partial charge is 0.278 e. The van der Waals surface area contributed by atoms with Crippen LogP contribution in [0.4, 0.5) is 0 Å². The second kappa shape index (κ2) is 8.45. The number of amides is 1. The monoisotopic (exact) mass is 331 g/mol. The maximum atomic E-state index is 13.0. The molecule has 0 aromatic heterocycles. The van der Waals surface area contributed by atoms with Crippen molar-refractivity contribution in [1.82, 2.24) is 4.90 Å². The van der Waals surface area contributed by atoms with Crippen LogP contribution in [0.1, 0.15) is 51.5 Å². The summed E-state index contributed by atoms with van der Waals surface area (Å²) in [4.78, 5) is 14.7. The second-order valence-electron chi connectivity index (χ2n) is 6.28. The molecule has 0 spiro atoms. The van der Waals surface area contributed by atoms with E-state index in [0.29, 0.717) is 6.54 Å². The number of nitrogens with zero attached hydrogens (tertiary/aromatic N) is 1. The Hall–Kier alpha value is -1.65. The summed E-state index contributed by atoms with van der Waals surface area (Å²) in [6, 6.07) is 9.94. The van der Waals surface area contributed by atoms with E-state index < -0.39 is 5.91 Å². The largest absolute Gasteiger partial charge is 0.332 e. The van der Waals surface area contributed by atoms with Crippen molar-refractivity contribution in [2.45, 2.75) is 58.4 Å². The van der Waals surface area contributed by atoms with E-state index in [4.69, 9.17) is 9.47 Å². The minimum atomic E-state index is -1.09. The first-order chi connectivity index (χ1) is 11.6. The van der Waals surface area contributed by atoms with Crippen LogP contribution in [0.25, 0.3) is 0 Å². The lowest BCUT2D eigenvalue weighted by Crippen LogP contribution is -2.50. The van der Waals surface area contributed by atoms with Crippen LogP contribution >= 0.6 is 0 Å². The van der Waals surface area contributed by atoms with Gasteiger partial charge in [0.25, 0.3) is 11.8 Å². The van der Waals surface area contributed by atoms with Gasteiger partial charge in [-0.25, -0.2) is 0 Å². The molecule has 1 aliphatic rings. The van der Waals surface area contributed by atoms with Crippen molar-refractivity contribution in [3.63, 3.8) is 0 Å². The molecule has 1 aliphatic heterocycles. The third kappa shape index (κ3) is 3.55. The zero-order valence-electron chi connectivity index (χ0n) is 15.3. The lowest BCUT2D eigenvalue weighted by molar-refractivity contribution is -0.257. The molecule has 24 heavy (non-hydrogen) atoms. The molecule has 0 fully saturated rings. The quantitative estimate of drug-likeness (QED) is 0.501. The van der Waals surface area contributed by atoms with E-state index in [-0.39, 0.29) is 5.91 Å². The fourth-order valence-electron chi connectivity index (χ4n) is 3.42. The van der Waals surface area contributed by atoms with Crippen LogP contribution in [0.2, 0.25) is 0 Å². The topological polar surface area (TPSA) is 38.8 Å². The number of hydrogen-bond acceptors (Lipinski definition) is 3. The summed E-state index contributed by atoms with van der Waals surface area (Å²) in [5, 5.41) is 0. The van der Waals surface area contributed by atoms with Gasteiger partial charge in [0.2, 0.25) is 0 Å². The molecular weight excluding hydrogens is 302 g/mol. The summed E-state index contributed by atoms with van der Waals surface area (Å²) in [5.74, 6) is -1.07. The van der Waals surface area contributed by atoms with Gasteiger partial charge in [-0.1, -0.05) is 56.5 Å². The number of unbranched alkanes of at least 4 members (excludes halogenated alkanes) is 3. The number of methoxy groups -OCH3 is 2. The van der Waals surface area contributed by atoms with Crippen molar-refractivity contribution in [2.24, 2.45) is 0 Å². The van der Waals surface area contributed by atoms with Gasteiger partial charge in [0.05, 0.1) is 6.54 Å². The van der Waals surface area contributed by atoms with Crippen LogP contribution in [0.5, 0.6) is 0 Å². The highest BCUT2D eigenvalue weighted by Crippen LogP contribution is 2.39. The van der Waals surface area contributed by atoms with Crippen molar-refractivity contribution in [1.29, 1.82) is 0 Å². The van der Waals surface area contributed by atoms with Crippen LogP contribution in [0.15, 0.2) is 41.5 Å². The van der Waals surface area contributed by atoms with E-state index in [0.717, 1.165) is 36.0 Å². The zero-order chi connectivity index (χ0) is 17.6. The van der Waals surface area contributed by atoms with Gasteiger partial charge in [0.1, 0.15) is 0 Å². The summed E-state index contributed by atoms with van der Waals surface area (Å²) in [6.45, 7) is 4.61. The van der Waals surface area contributed by atoms with Crippen LogP contribution < -0.4 is 0 Å². The average molecular weight is 331 g/mol. The molecule has 0 bridgehead atoms. The number of rotatable bonds is 9. The summed E-state index contributed by atoms with van der Waals surface area (Å²) < 4.78 is 11.4. The molecule has 1 heterocycles. The van der Waals surface area contributed by atoms with Crippen LogP contribution in [0, 0.1) is 0 Å². The van der Waals surface area contributed by atoms with Crippen LogP contribution in [-0.2, 0) is 20.8 Å². The number of benzene rings is 1. The van der Waals surface area contributed by atoms with Gasteiger partial charge in [0, 0.05) is 25.4 Å². The molecule has 1 aromatic carbocycles. The molecule has 132 valence electrons. The highest BCUT2D eigenvalue weighted by atomic mass is 16.7. The number of ether oxygens (including phenoxy) is 2. The lowest BCUT2D eigenvalue weighted by Gasteiger charge is -2.36. The average Bonchev–Trinajstić information content (AvgIpc) is 2.81. The first-order valence-corrected chi connectivity index (χ1v) is 8.77. The van der Waals surface area contributed by atoms with Gasteiger partial charge in [-0.15, -0.1) is 0 Å². The number of carbonyl (C=O) groups is 1. The molecule has 4 nitrogen and oxygen atoms in total. The summed E-state index contributed by atoms with van der Waals surface area (Å²) in [5.41, 5.74) is 2.78. The summed E-state index contributed by atoms with van der Waals surface area (Å²) >= 11 is 0. The molecule has 1 amide bonds. The fraction of sp³-hybridized carbons (Fsp3) is 0.550. The summed E-state index contributed by atoms with van der Waals surface area (Å²) in [6.07, 6.45) is 5.34. The van der Waals surface area contributed by atoms with Crippen molar-refractivity contribution >= 4 is 5.91 Å².